The van der Waals surface area contributed by atoms with Crippen molar-refractivity contribution in [3.05, 3.63) is 96.7 Å². The van der Waals surface area contributed by atoms with Gasteiger partial charge in [0, 0.05) is 6.08 Å². The standard InChI is InChI=1S/C19H14O3/c20-19(22-18-9-5-2-6-14-21-18)17-12-10-16(11-13-17)15-7-3-1-4-8-15/h1-14H. The van der Waals surface area contributed by atoms with E-state index in [0.29, 0.717) is 5.56 Å². The van der Waals surface area contributed by atoms with E-state index >= 15 is 0 Å². The average molecular weight is 290 g/mol. The Morgan fingerprint density at radius 1 is 0.818 bits per heavy atom. The summed E-state index contributed by atoms with van der Waals surface area (Å²) in [6.07, 6.45) is 8.30. The molecule has 0 aliphatic carbocycles. The van der Waals surface area contributed by atoms with Crippen LogP contribution in [0.4, 0.5) is 0 Å². The highest BCUT2D eigenvalue weighted by Gasteiger charge is 2.11. The van der Waals surface area contributed by atoms with Gasteiger partial charge in [0.1, 0.15) is 0 Å². The first kappa shape index (κ1) is 13.9. The molecule has 3 rings (SSSR count). The molecule has 22 heavy (non-hydrogen) atoms. The topological polar surface area (TPSA) is 35.5 Å². The lowest BCUT2D eigenvalue weighted by Crippen LogP contribution is -2.05. The van der Waals surface area contributed by atoms with Gasteiger partial charge >= 0.3 is 5.97 Å². The second kappa shape index (κ2) is 6.59. The molecule has 0 saturated heterocycles. The number of ether oxygens (including phenoxy) is 2. The van der Waals surface area contributed by atoms with Gasteiger partial charge in [0.2, 0.25) is 0 Å². The highest BCUT2D eigenvalue weighted by atomic mass is 16.7. The summed E-state index contributed by atoms with van der Waals surface area (Å²) in [7, 11) is 0. The predicted octanol–water partition coefficient (Wildman–Crippen LogP) is 4.45. The first-order valence-corrected chi connectivity index (χ1v) is 6.91. The van der Waals surface area contributed by atoms with Crippen molar-refractivity contribution in [1.82, 2.24) is 0 Å². The lowest BCUT2D eigenvalue weighted by molar-refractivity contribution is 0.0421. The maximum absolute atomic E-state index is 12.1. The Kier molecular flexibility index (Phi) is 4.16. The molecule has 0 spiro atoms. The maximum Gasteiger partial charge on any atom is 0.345 e. The molecule has 1 aliphatic heterocycles. The van der Waals surface area contributed by atoms with Crippen LogP contribution in [0, 0.1) is 0 Å². The molecule has 0 amide bonds. The van der Waals surface area contributed by atoms with Crippen LogP contribution in [0.3, 0.4) is 0 Å². The van der Waals surface area contributed by atoms with E-state index in [4.69, 9.17) is 9.47 Å². The Labute approximate surface area is 128 Å². The minimum absolute atomic E-state index is 0.155. The van der Waals surface area contributed by atoms with Crippen LogP contribution in [-0.4, -0.2) is 5.97 Å². The monoisotopic (exact) mass is 290 g/mol. The summed E-state index contributed by atoms with van der Waals surface area (Å²) in [5.41, 5.74) is 2.63. The Morgan fingerprint density at radius 3 is 2.32 bits per heavy atom. The maximum atomic E-state index is 12.1. The van der Waals surface area contributed by atoms with Crippen molar-refractivity contribution < 1.29 is 14.3 Å². The summed E-state index contributed by atoms with van der Waals surface area (Å²) < 4.78 is 10.4. The van der Waals surface area contributed by atoms with Gasteiger partial charge in [-0.15, -0.1) is 0 Å². The van der Waals surface area contributed by atoms with E-state index in [9.17, 15) is 4.79 Å². The van der Waals surface area contributed by atoms with E-state index in [1.807, 2.05) is 42.5 Å². The van der Waals surface area contributed by atoms with Crippen LogP contribution in [0.2, 0.25) is 0 Å². The fourth-order valence-corrected chi connectivity index (χ4v) is 2.03. The predicted molar refractivity (Wildman–Crippen MR) is 84.7 cm³/mol. The summed E-state index contributed by atoms with van der Waals surface area (Å²) >= 11 is 0. The zero-order valence-corrected chi connectivity index (χ0v) is 11.8. The van der Waals surface area contributed by atoms with Crippen LogP contribution >= 0.6 is 0 Å². The largest absolute Gasteiger partial charge is 0.434 e. The number of benzene rings is 2. The SMILES string of the molecule is O=C(OC1=CC=CC=CO1)c1ccc(-c2ccccc2)cc1. The van der Waals surface area contributed by atoms with Gasteiger partial charge in [0.25, 0.3) is 5.95 Å². The molecular formula is C19H14O3. The smallest absolute Gasteiger partial charge is 0.345 e. The third-order valence-electron chi connectivity index (χ3n) is 3.14. The minimum Gasteiger partial charge on any atom is -0.434 e. The van der Waals surface area contributed by atoms with Crippen molar-refractivity contribution >= 4 is 5.97 Å². The van der Waals surface area contributed by atoms with Crippen LogP contribution in [0.15, 0.2) is 91.1 Å². The zero-order valence-electron chi connectivity index (χ0n) is 11.8. The highest BCUT2D eigenvalue weighted by Crippen LogP contribution is 2.20. The molecule has 3 heteroatoms. The molecule has 1 heterocycles. The number of carbonyl (C=O) groups is 1. The van der Waals surface area contributed by atoms with Gasteiger partial charge in [-0.05, 0) is 29.3 Å². The van der Waals surface area contributed by atoms with Gasteiger partial charge in [0.15, 0.2) is 0 Å². The fourth-order valence-electron chi connectivity index (χ4n) is 2.03. The van der Waals surface area contributed by atoms with Crippen molar-refractivity contribution in [3.8, 4) is 11.1 Å². The van der Waals surface area contributed by atoms with Crippen molar-refractivity contribution in [2.45, 2.75) is 0 Å². The lowest BCUT2D eigenvalue weighted by atomic mass is 10.0. The van der Waals surface area contributed by atoms with Gasteiger partial charge in [-0.2, -0.15) is 0 Å². The first-order valence-electron chi connectivity index (χ1n) is 6.91. The summed E-state index contributed by atoms with van der Waals surface area (Å²) in [5, 5.41) is 0. The Hall–Kier alpha value is -3.07. The van der Waals surface area contributed by atoms with Crippen LogP contribution in [-0.2, 0) is 9.47 Å². The molecule has 2 aromatic rings. The number of hydrogen-bond acceptors (Lipinski definition) is 3. The molecule has 0 radical (unpaired) electrons. The number of allylic oxidation sites excluding steroid dienone is 4. The fraction of sp³-hybridized carbons (Fsp3) is 0. The van der Waals surface area contributed by atoms with Crippen LogP contribution in [0.1, 0.15) is 10.4 Å². The third-order valence-corrected chi connectivity index (χ3v) is 3.14. The van der Waals surface area contributed by atoms with Crippen LogP contribution < -0.4 is 0 Å². The van der Waals surface area contributed by atoms with Crippen molar-refractivity contribution in [2.24, 2.45) is 0 Å². The summed E-state index contributed by atoms with van der Waals surface area (Å²) in [4.78, 5) is 12.1. The molecule has 3 nitrogen and oxygen atoms in total. The average Bonchev–Trinajstić information content (AvgIpc) is 2.84. The van der Waals surface area contributed by atoms with E-state index in [2.05, 4.69) is 0 Å². The van der Waals surface area contributed by atoms with Crippen LogP contribution in [0.25, 0.3) is 11.1 Å². The molecule has 0 unspecified atom stereocenters. The highest BCUT2D eigenvalue weighted by molar-refractivity contribution is 5.90. The van der Waals surface area contributed by atoms with E-state index in [1.54, 1.807) is 36.4 Å². The van der Waals surface area contributed by atoms with Gasteiger partial charge in [0.05, 0.1) is 11.8 Å². The Bertz CT molecular complexity index is 738. The zero-order chi connectivity index (χ0) is 15.2. The Morgan fingerprint density at radius 2 is 1.55 bits per heavy atom. The molecule has 0 saturated carbocycles. The van der Waals surface area contributed by atoms with Gasteiger partial charge in [-0.3, -0.25) is 0 Å². The molecule has 108 valence electrons. The number of carbonyl (C=O) groups excluding carboxylic acids is 1. The molecule has 0 fully saturated rings. The number of esters is 1. The minimum atomic E-state index is -0.449. The van der Waals surface area contributed by atoms with Crippen molar-refractivity contribution in [3.63, 3.8) is 0 Å². The normalized spacial score (nSPS) is 13.0. The van der Waals surface area contributed by atoms with Gasteiger partial charge in [-0.25, -0.2) is 4.79 Å². The summed E-state index contributed by atoms with van der Waals surface area (Å²) in [6.45, 7) is 0. The van der Waals surface area contributed by atoms with Crippen molar-refractivity contribution in [1.29, 1.82) is 0 Å². The molecule has 2 aromatic carbocycles. The third kappa shape index (κ3) is 3.33. The van der Waals surface area contributed by atoms with E-state index in [0.717, 1.165) is 11.1 Å². The number of rotatable bonds is 3. The Balaban J connectivity index is 1.73. The molecule has 0 aromatic heterocycles. The second-order valence-electron chi connectivity index (χ2n) is 4.65. The van der Waals surface area contributed by atoms with Gasteiger partial charge in [-0.1, -0.05) is 54.6 Å². The summed E-state index contributed by atoms with van der Waals surface area (Å²) in [6, 6.07) is 17.3. The first-order chi connectivity index (χ1) is 10.8. The quantitative estimate of drug-likeness (QED) is 0.783. The molecule has 1 aliphatic rings. The van der Waals surface area contributed by atoms with Crippen molar-refractivity contribution in [2.75, 3.05) is 0 Å². The van der Waals surface area contributed by atoms with Gasteiger partial charge < -0.3 is 9.47 Å². The molecule has 0 N–H and O–H groups in total. The van der Waals surface area contributed by atoms with E-state index in [-0.39, 0.29) is 5.95 Å². The van der Waals surface area contributed by atoms with E-state index in [1.165, 1.54) is 6.26 Å². The van der Waals surface area contributed by atoms with E-state index < -0.39 is 5.97 Å². The number of hydrogen-bond donors (Lipinski definition) is 0. The molecule has 0 atom stereocenters. The van der Waals surface area contributed by atoms with Crippen LogP contribution in [0.5, 0.6) is 0 Å². The lowest BCUT2D eigenvalue weighted by Gasteiger charge is -2.07. The molecular weight excluding hydrogens is 276 g/mol. The molecule has 0 bridgehead atoms. The summed E-state index contributed by atoms with van der Waals surface area (Å²) in [5.74, 6) is -0.295. The second-order valence-corrected chi connectivity index (χ2v) is 4.65.